The van der Waals surface area contributed by atoms with Gasteiger partial charge < -0.3 is 10.6 Å². The van der Waals surface area contributed by atoms with Crippen LogP contribution in [-0.4, -0.2) is 46.9 Å². The number of carbonyl (C=O) groups is 1. The van der Waals surface area contributed by atoms with Crippen molar-refractivity contribution in [1.29, 1.82) is 0 Å². The lowest BCUT2D eigenvalue weighted by atomic mass is 10.1. The maximum absolute atomic E-state index is 12.5. The number of thiazole rings is 1. The average Bonchev–Trinajstić information content (AvgIpc) is 3.00. The van der Waals surface area contributed by atoms with Gasteiger partial charge in [0.15, 0.2) is 0 Å². The first-order valence-corrected chi connectivity index (χ1v) is 8.75. The smallest absolute Gasteiger partial charge is 0.253 e. The highest BCUT2D eigenvalue weighted by Crippen LogP contribution is 2.14. The van der Waals surface area contributed by atoms with Crippen LogP contribution in [0.25, 0.3) is 0 Å². The van der Waals surface area contributed by atoms with E-state index in [-0.39, 0.29) is 18.3 Å². The van der Waals surface area contributed by atoms with E-state index in [4.69, 9.17) is 5.73 Å². The minimum Gasteiger partial charge on any atom is -0.336 e. The van der Waals surface area contributed by atoms with Crippen molar-refractivity contribution in [2.75, 3.05) is 26.2 Å². The molecule has 5 nitrogen and oxygen atoms in total. The highest BCUT2D eigenvalue weighted by atomic mass is 35.5. The maximum atomic E-state index is 12.5. The fourth-order valence-electron chi connectivity index (χ4n) is 2.79. The highest BCUT2D eigenvalue weighted by Gasteiger charge is 2.22. The molecule has 3 rings (SSSR count). The Morgan fingerprint density at radius 3 is 2.42 bits per heavy atom. The summed E-state index contributed by atoms with van der Waals surface area (Å²) in [5.74, 6) is 0.109. The standard InChI is InChI=1S/C17H22N4OS.ClH/c1-13-19-16(12-23-13)11-20-6-8-21(9-7-20)17(22)15-4-2-14(10-18)3-5-15;/h2-5,12H,6-11,18H2,1H3;1H. The third-order valence-electron chi connectivity index (χ3n) is 4.15. The number of aryl methyl sites for hydroxylation is 1. The number of halogens is 1. The van der Waals surface area contributed by atoms with E-state index >= 15 is 0 Å². The predicted octanol–water partition coefficient (Wildman–Crippen LogP) is 2.29. The molecule has 1 aliphatic rings. The van der Waals surface area contributed by atoms with E-state index in [1.165, 1.54) is 0 Å². The van der Waals surface area contributed by atoms with Gasteiger partial charge in [-0.15, -0.1) is 23.7 Å². The number of hydrogen-bond donors (Lipinski definition) is 1. The van der Waals surface area contributed by atoms with Crippen molar-refractivity contribution in [3.8, 4) is 0 Å². The molecule has 1 fully saturated rings. The Hall–Kier alpha value is -1.47. The van der Waals surface area contributed by atoms with Crippen molar-refractivity contribution in [3.63, 3.8) is 0 Å². The topological polar surface area (TPSA) is 62.5 Å². The van der Waals surface area contributed by atoms with Crippen LogP contribution >= 0.6 is 23.7 Å². The predicted molar refractivity (Wildman–Crippen MR) is 99.6 cm³/mol. The first-order chi connectivity index (χ1) is 11.2. The molecule has 1 amide bonds. The molecule has 0 radical (unpaired) electrons. The number of rotatable bonds is 4. The second-order valence-corrected chi connectivity index (χ2v) is 6.89. The van der Waals surface area contributed by atoms with Gasteiger partial charge >= 0.3 is 0 Å². The molecular weight excluding hydrogens is 344 g/mol. The summed E-state index contributed by atoms with van der Waals surface area (Å²) >= 11 is 1.69. The molecule has 2 aromatic rings. The summed E-state index contributed by atoms with van der Waals surface area (Å²) in [4.78, 5) is 21.3. The van der Waals surface area contributed by atoms with Gasteiger partial charge in [0.05, 0.1) is 10.7 Å². The van der Waals surface area contributed by atoms with Gasteiger partial charge in [0.25, 0.3) is 5.91 Å². The molecule has 130 valence electrons. The first kappa shape index (κ1) is 18.9. The van der Waals surface area contributed by atoms with E-state index in [1.807, 2.05) is 36.1 Å². The monoisotopic (exact) mass is 366 g/mol. The van der Waals surface area contributed by atoms with Gasteiger partial charge in [0, 0.05) is 50.2 Å². The fourth-order valence-corrected chi connectivity index (χ4v) is 3.39. The lowest BCUT2D eigenvalue weighted by molar-refractivity contribution is 0.0627. The maximum Gasteiger partial charge on any atom is 0.253 e. The van der Waals surface area contributed by atoms with E-state index in [2.05, 4.69) is 15.3 Å². The quantitative estimate of drug-likeness (QED) is 0.901. The van der Waals surface area contributed by atoms with E-state index in [0.717, 1.165) is 54.6 Å². The van der Waals surface area contributed by atoms with Crippen LogP contribution in [0.1, 0.15) is 26.6 Å². The third-order valence-corrected chi connectivity index (χ3v) is 4.97. The summed E-state index contributed by atoms with van der Waals surface area (Å²) in [6.07, 6.45) is 0. The van der Waals surface area contributed by atoms with Crippen molar-refractivity contribution in [2.45, 2.75) is 20.0 Å². The zero-order chi connectivity index (χ0) is 16.2. The number of aromatic nitrogens is 1. The molecule has 0 aliphatic carbocycles. The fraction of sp³-hybridized carbons (Fsp3) is 0.412. The van der Waals surface area contributed by atoms with Gasteiger partial charge in [-0.25, -0.2) is 4.98 Å². The molecule has 2 heterocycles. The molecule has 1 aromatic carbocycles. The number of hydrogen-bond acceptors (Lipinski definition) is 5. The third kappa shape index (κ3) is 4.54. The Morgan fingerprint density at radius 2 is 1.88 bits per heavy atom. The van der Waals surface area contributed by atoms with Crippen LogP contribution in [0.3, 0.4) is 0 Å². The lowest BCUT2D eigenvalue weighted by Crippen LogP contribution is -2.48. The van der Waals surface area contributed by atoms with Crippen molar-refractivity contribution >= 4 is 29.7 Å². The van der Waals surface area contributed by atoms with Crippen molar-refractivity contribution in [3.05, 3.63) is 51.5 Å². The van der Waals surface area contributed by atoms with Crippen molar-refractivity contribution in [1.82, 2.24) is 14.8 Å². The molecule has 2 N–H and O–H groups in total. The van der Waals surface area contributed by atoms with Crippen LogP contribution < -0.4 is 5.73 Å². The summed E-state index contributed by atoms with van der Waals surface area (Å²) in [6, 6.07) is 7.59. The molecule has 0 spiro atoms. The molecule has 1 aromatic heterocycles. The van der Waals surface area contributed by atoms with Crippen LogP contribution in [0, 0.1) is 6.92 Å². The largest absolute Gasteiger partial charge is 0.336 e. The lowest BCUT2D eigenvalue weighted by Gasteiger charge is -2.34. The molecule has 0 atom stereocenters. The SMILES string of the molecule is Cc1nc(CN2CCN(C(=O)c3ccc(CN)cc3)CC2)cs1.Cl. The van der Waals surface area contributed by atoms with Gasteiger partial charge in [-0.3, -0.25) is 9.69 Å². The number of nitrogens with two attached hydrogens (primary N) is 1. The summed E-state index contributed by atoms with van der Waals surface area (Å²) in [5, 5.41) is 3.22. The van der Waals surface area contributed by atoms with Gasteiger partial charge in [-0.05, 0) is 24.6 Å². The molecule has 0 bridgehead atoms. The van der Waals surface area contributed by atoms with Gasteiger partial charge in [-0.1, -0.05) is 12.1 Å². The number of carbonyl (C=O) groups excluding carboxylic acids is 1. The normalized spacial score (nSPS) is 15.2. The van der Waals surface area contributed by atoms with Crippen LogP contribution in [-0.2, 0) is 13.1 Å². The van der Waals surface area contributed by atoms with E-state index in [0.29, 0.717) is 6.54 Å². The zero-order valence-electron chi connectivity index (χ0n) is 13.8. The Kier molecular flexibility index (Phi) is 6.74. The number of nitrogens with zero attached hydrogens (tertiary/aromatic N) is 3. The zero-order valence-corrected chi connectivity index (χ0v) is 15.4. The van der Waals surface area contributed by atoms with Gasteiger partial charge in [0.2, 0.25) is 0 Å². The van der Waals surface area contributed by atoms with E-state index in [9.17, 15) is 4.79 Å². The van der Waals surface area contributed by atoms with E-state index in [1.54, 1.807) is 11.3 Å². The number of piperazine rings is 1. The van der Waals surface area contributed by atoms with Crippen molar-refractivity contribution in [2.24, 2.45) is 5.73 Å². The number of benzene rings is 1. The Balaban J connectivity index is 0.00000208. The molecule has 1 aliphatic heterocycles. The summed E-state index contributed by atoms with van der Waals surface area (Å²) in [7, 11) is 0. The van der Waals surface area contributed by atoms with Crippen LogP contribution in [0.4, 0.5) is 0 Å². The van der Waals surface area contributed by atoms with Crippen LogP contribution in [0.5, 0.6) is 0 Å². The van der Waals surface area contributed by atoms with E-state index < -0.39 is 0 Å². The second kappa shape index (κ2) is 8.58. The minimum absolute atomic E-state index is 0. The highest BCUT2D eigenvalue weighted by molar-refractivity contribution is 7.09. The minimum atomic E-state index is 0. The summed E-state index contributed by atoms with van der Waals surface area (Å²) < 4.78 is 0. The molecule has 0 unspecified atom stereocenters. The molecule has 0 saturated carbocycles. The summed E-state index contributed by atoms with van der Waals surface area (Å²) in [5.41, 5.74) is 8.51. The Morgan fingerprint density at radius 1 is 1.21 bits per heavy atom. The summed E-state index contributed by atoms with van der Waals surface area (Å²) in [6.45, 7) is 6.72. The molecule has 1 saturated heterocycles. The average molecular weight is 367 g/mol. The van der Waals surface area contributed by atoms with Gasteiger partial charge in [0.1, 0.15) is 0 Å². The first-order valence-electron chi connectivity index (χ1n) is 7.87. The second-order valence-electron chi connectivity index (χ2n) is 5.83. The van der Waals surface area contributed by atoms with Crippen molar-refractivity contribution < 1.29 is 4.79 Å². The molecule has 7 heteroatoms. The number of amides is 1. The van der Waals surface area contributed by atoms with Crippen LogP contribution in [0.15, 0.2) is 29.6 Å². The Bertz CT molecular complexity index is 665. The molecule has 24 heavy (non-hydrogen) atoms. The molecular formula is C17H23ClN4OS. The van der Waals surface area contributed by atoms with Gasteiger partial charge in [-0.2, -0.15) is 0 Å². The Labute approximate surface area is 152 Å². The van der Waals surface area contributed by atoms with Crippen LogP contribution in [0.2, 0.25) is 0 Å².